The highest BCUT2D eigenvalue weighted by molar-refractivity contribution is 4.95. The predicted octanol–water partition coefficient (Wildman–Crippen LogP) is 0.890. The Balaban J connectivity index is 2.25. The van der Waals surface area contributed by atoms with Crippen LogP contribution >= 0.6 is 0 Å². The molecule has 0 atom stereocenters. The SMILES string of the molecule is CCOC(CNC1(CO)CCC1)OCC. The molecule has 4 nitrogen and oxygen atoms in total. The molecule has 0 aliphatic heterocycles. The van der Waals surface area contributed by atoms with E-state index in [1.807, 2.05) is 13.8 Å². The van der Waals surface area contributed by atoms with Crippen molar-refractivity contribution < 1.29 is 14.6 Å². The molecule has 0 aromatic heterocycles. The van der Waals surface area contributed by atoms with Gasteiger partial charge in [-0.05, 0) is 33.1 Å². The lowest BCUT2D eigenvalue weighted by Gasteiger charge is -2.42. The van der Waals surface area contributed by atoms with Crippen LogP contribution in [0, 0.1) is 0 Å². The number of hydrogen-bond donors (Lipinski definition) is 2. The molecule has 90 valence electrons. The van der Waals surface area contributed by atoms with E-state index in [1.165, 1.54) is 6.42 Å². The molecule has 1 aliphatic rings. The first-order chi connectivity index (χ1) is 7.26. The number of ether oxygens (including phenoxy) is 2. The maximum atomic E-state index is 9.27. The Kier molecular flexibility index (Phi) is 5.53. The fourth-order valence-corrected chi connectivity index (χ4v) is 1.83. The molecule has 1 fully saturated rings. The van der Waals surface area contributed by atoms with Crippen molar-refractivity contribution in [1.29, 1.82) is 0 Å². The second-order valence-electron chi connectivity index (χ2n) is 4.01. The zero-order chi connectivity index (χ0) is 11.1. The van der Waals surface area contributed by atoms with Gasteiger partial charge >= 0.3 is 0 Å². The maximum absolute atomic E-state index is 9.27. The summed E-state index contributed by atoms with van der Waals surface area (Å²) in [5, 5.41) is 12.6. The van der Waals surface area contributed by atoms with Crippen LogP contribution in [0.4, 0.5) is 0 Å². The van der Waals surface area contributed by atoms with Gasteiger partial charge in [-0.15, -0.1) is 0 Å². The van der Waals surface area contributed by atoms with Gasteiger partial charge in [-0.25, -0.2) is 0 Å². The number of nitrogens with one attached hydrogen (secondary N) is 1. The quantitative estimate of drug-likeness (QED) is 0.593. The average molecular weight is 217 g/mol. The van der Waals surface area contributed by atoms with E-state index < -0.39 is 0 Å². The zero-order valence-corrected chi connectivity index (χ0v) is 9.79. The highest BCUT2D eigenvalue weighted by Crippen LogP contribution is 2.31. The second kappa shape index (κ2) is 6.43. The number of aliphatic hydroxyl groups excluding tert-OH is 1. The molecule has 0 aromatic rings. The third-order valence-corrected chi connectivity index (χ3v) is 2.96. The Morgan fingerprint density at radius 2 is 1.87 bits per heavy atom. The van der Waals surface area contributed by atoms with Gasteiger partial charge < -0.3 is 19.9 Å². The summed E-state index contributed by atoms with van der Waals surface area (Å²) in [7, 11) is 0. The number of rotatable bonds is 8. The van der Waals surface area contributed by atoms with Gasteiger partial charge in [0.15, 0.2) is 6.29 Å². The van der Waals surface area contributed by atoms with Crippen molar-refractivity contribution in [3.8, 4) is 0 Å². The molecule has 1 saturated carbocycles. The summed E-state index contributed by atoms with van der Waals surface area (Å²) in [6, 6.07) is 0. The van der Waals surface area contributed by atoms with Gasteiger partial charge in [-0.1, -0.05) is 0 Å². The molecular weight excluding hydrogens is 194 g/mol. The lowest BCUT2D eigenvalue weighted by atomic mass is 9.77. The summed E-state index contributed by atoms with van der Waals surface area (Å²) in [6.45, 7) is 6.07. The zero-order valence-electron chi connectivity index (χ0n) is 9.79. The molecule has 1 rings (SSSR count). The minimum Gasteiger partial charge on any atom is -0.394 e. The fraction of sp³-hybridized carbons (Fsp3) is 1.00. The summed E-state index contributed by atoms with van der Waals surface area (Å²) in [5.74, 6) is 0. The Morgan fingerprint density at radius 1 is 1.27 bits per heavy atom. The van der Waals surface area contributed by atoms with Gasteiger partial charge in [0.2, 0.25) is 0 Å². The van der Waals surface area contributed by atoms with Crippen molar-refractivity contribution in [2.75, 3.05) is 26.4 Å². The first kappa shape index (κ1) is 12.9. The van der Waals surface area contributed by atoms with Crippen LogP contribution in [0.2, 0.25) is 0 Å². The third kappa shape index (κ3) is 3.72. The monoisotopic (exact) mass is 217 g/mol. The van der Waals surface area contributed by atoms with Crippen LogP contribution in [-0.4, -0.2) is 43.3 Å². The van der Waals surface area contributed by atoms with E-state index in [2.05, 4.69) is 5.32 Å². The van der Waals surface area contributed by atoms with Crippen molar-refractivity contribution in [3.63, 3.8) is 0 Å². The normalized spacial score (nSPS) is 19.2. The topological polar surface area (TPSA) is 50.7 Å². The van der Waals surface area contributed by atoms with Crippen LogP contribution in [0.15, 0.2) is 0 Å². The first-order valence-corrected chi connectivity index (χ1v) is 5.85. The fourth-order valence-electron chi connectivity index (χ4n) is 1.83. The second-order valence-corrected chi connectivity index (χ2v) is 4.01. The minimum absolute atomic E-state index is 0.0630. The van der Waals surface area contributed by atoms with E-state index in [1.54, 1.807) is 0 Å². The lowest BCUT2D eigenvalue weighted by molar-refractivity contribution is -0.138. The number of aliphatic hydroxyl groups is 1. The van der Waals surface area contributed by atoms with E-state index in [0.29, 0.717) is 19.8 Å². The summed E-state index contributed by atoms with van der Waals surface area (Å²) < 4.78 is 10.8. The lowest BCUT2D eigenvalue weighted by Crippen LogP contribution is -2.56. The van der Waals surface area contributed by atoms with Gasteiger partial charge in [0.1, 0.15) is 0 Å². The smallest absolute Gasteiger partial charge is 0.169 e. The average Bonchev–Trinajstić information content (AvgIpc) is 2.17. The molecule has 0 radical (unpaired) electrons. The molecule has 0 aromatic carbocycles. The van der Waals surface area contributed by atoms with Crippen molar-refractivity contribution >= 4 is 0 Å². The van der Waals surface area contributed by atoms with Crippen LogP contribution in [0.1, 0.15) is 33.1 Å². The summed E-state index contributed by atoms with van der Waals surface area (Å²) in [5.41, 5.74) is -0.0630. The Hall–Kier alpha value is -0.160. The molecule has 0 spiro atoms. The molecule has 0 heterocycles. The first-order valence-electron chi connectivity index (χ1n) is 5.85. The van der Waals surface area contributed by atoms with Gasteiger partial charge in [-0.2, -0.15) is 0 Å². The standard InChI is InChI=1S/C11H23NO3/c1-3-14-10(15-4-2)8-12-11(9-13)6-5-7-11/h10,12-13H,3-9H2,1-2H3. The van der Waals surface area contributed by atoms with Gasteiger partial charge in [0.25, 0.3) is 0 Å². The van der Waals surface area contributed by atoms with E-state index in [-0.39, 0.29) is 18.4 Å². The van der Waals surface area contributed by atoms with Crippen molar-refractivity contribution in [2.45, 2.75) is 44.9 Å². The van der Waals surface area contributed by atoms with Crippen LogP contribution in [0.5, 0.6) is 0 Å². The van der Waals surface area contributed by atoms with E-state index in [0.717, 1.165) is 12.8 Å². The molecule has 4 heteroatoms. The van der Waals surface area contributed by atoms with Crippen molar-refractivity contribution in [3.05, 3.63) is 0 Å². The largest absolute Gasteiger partial charge is 0.394 e. The summed E-state index contributed by atoms with van der Waals surface area (Å²) in [6.07, 6.45) is 3.11. The third-order valence-electron chi connectivity index (χ3n) is 2.96. The van der Waals surface area contributed by atoms with E-state index in [4.69, 9.17) is 9.47 Å². The molecule has 2 N–H and O–H groups in total. The molecule has 0 amide bonds. The highest BCUT2D eigenvalue weighted by Gasteiger charge is 2.36. The van der Waals surface area contributed by atoms with Gasteiger partial charge in [0, 0.05) is 25.3 Å². The van der Waals surface area contributed by atoms with E-state index >= 15 is 0 Å². The van der Waals surface area contributed by atoms with Crippen molar-refractivity contribution in [2.24, 2.45) is 0 Å². The highest BCUT2D eigenvalue weighted by atomic mass is 16.7. The van der Waals surface area contributed by atoms with Gasteiger partial charge in [0.05, 0.1) is 6.61 Å². The van der Waals surface area contributed by atoms with Crippen LogP contribution < -0.4 is 5.32 Å². The van der Waals surface area contributed by atoms with Crippen LogP contribution in [0.25, 0.3) is 0 Å². The molecular formula is C11H23NO3. The van der Waals surface area contributed by atoms with Crippen molar-refractivity contribution in [1.82, 2.24) is 5.32 Å². The van der Waals surface area contributed by atoms with Crippen LogP contribution in [-0.2, 0) is 9.47 Å². The molecule has 15 heavy (non-hydrogen) atoms. The van der Waals surface area contributed by atoms with Gasteiger partial charge in [-0.3, -0.25) is 0 Å². The summed E-state index contributed by atoms with van der Waals surface area (Å²) in [4.78, 5) is 0. The maximum Gasteiger partial charge on any atom is 0.169 e. The minimum atomic E-state index is -0.191. The molecule has 0 unspecified atom stereocenters. The predicted molar refractivity (Wildman–Crippen MR) is 58.7 cm³/mol. The van der Waals surface area contributed by atoms with E-state index in [9.17, 15) is 5.11 Å². The summed E-state index contributed by atoms with van der Waals surface area (Å²) >= 11 is 0. The molecule has 0 bridgehead atoms. The Bertz CT molecular complexity index is 160. The van der Waals surface area contributed by atoms with Crippen LogP contribution in [0.3, 0.4) is 0 Å². The molecule has 0 saturated heterocycles. The molecule has 1 aliphatic carbocycles. The Morgan fingerprint density at radius 3 is 2.20 bits per heavy atom. The number of hydrogen-bond acceptors (Lipinski definition) is 4. The Labute approximate surface area is 92.0 Å².